The predicted molar refractivity (Wildman–Crippen MR) is 77.2 cm³/mol. The van der Waals surface area contributed by atoms with Gasteiger partial charge in [0, 0.05) is 5.71 Å². The first-order valence-corrected chi connectivity index (χ1v) is 6.48. The third kappa shape index (κ3) is 4.77. The second kappa shape index (κ2) is 5.40. The molecule has 0 N–H and O–H groups in total. The van der Waals surface area contributed by atoms with Crippen molar-refractivity contribution in [1.29, 1.82) is 0 Å². The Hall–Kier alpha value is -0.890. The first-order chi connectivity index (χ1) is 8.10. The molecule has 1 aromatic carbocycles. The molecule has 0 saturated carbocycles. The molecule has 0 fully saturated rings. The van der Waals surface area contributed by atoms with E-state index in [2.05, 4.69) is 4.99 Å². The van der Waals surface area contributed by atoms with Crippen LogP contribution in [0.1, 0.15) is 40.2 Å². The van der Waals surface area contributed by atoms with E-state index in [9.17, 15) is 4.39 Å². The summed E-state index contributed by atoms with van der Waals surface area (Å²) in [7, 11) is 0. The Morgan fingerprint density at radius 2 is 1.89 bits per heavy atom. The van der Waals surface area contributed by atoms with Gasteiger partial charge in [0.2, 0.25) is 0 Å². The van der Waals surface area contributed by atoms with E-state index in [0.29, 0.717) is 6.42 Å². The van der Waals surface area contributed by atoms with Crippen LogP contribution in [0.2, 0.25) is 0 Å². The standard InChI is InChI=1S/C15H21ClFN/c1-11(18-14(2,3)4)15(5,16)10-12-7-6-8-13(17)9-12/h6-9H,10H2,1-5H3. The highest BCUT2D eigenvalue weighted by atomic mass is 35.5. The minimum Gasteiger partial charge on any atom is -0.287 e. The Morgan fingerprint density at radius 3 is 2.39 bits per heavy atom. The van der Waals surface area contributed by atoms with Crippen molar-refractivity contribution < 1.29 is 4.39 Å². The summed E-state index contributed by atoms with van der Waals surface area (Å²) in [4.78, 5) is 4.01. The summed E-state index contributed by atoms with van der Waals surface area (Å²) in [6.07, 6.45) is 0.567. The van der Waals surface area contributed by atoms with Gasteiger partial charge in [0.15, 0.2) is 0 Å². The molecule has 1 nitrogen and oxygen atoms in total. The summed E-state index contributed by atoms with van der Waals surface area (Å²) >= 11 is 6.53. The van der Waals surface area contributed by atoms with Crippen molar-refractivity contribution >= 4 is 17.3 Å². The van der Waals surface area contributed by atoms with E-state index in [1.54, 1.807) is 6.07 Å². The number of nitrogens with zero attached hydrogens (tertiary/aromatic N) is 1. The topological polar surface area (TPSA) is 12.4 Å². The zero-order chi connectivity index (χ0) is 14.0. The van der Waals surface area contributed by atoms with Crippen molar-refractivity contribution in [2.75, 3.05) is 0 Å². The largest absolute Gasteiger partial charge is 0.287 e. The van der Waals surface area contributed by atoms with Crippen LogP contribution in [-0.2, 0) is 6.42 Å². The minimum absolute atomic E-state index is 0.151. The van der Waals surface area contributed by atoms with Crippen LogP contribution >= 0.6 is 11.6 Å². The maximum atomic E-state index is 13.1. The molecule has 0 spiro atoms. The fourth-order valence-corrected chi connectivity index (χ4v) is 1.97. The molecular weight excluding hydrogens is 249 g/mol. The van der Waals surface area contributed by atoms with Crippen LogP contribution in [0.25, 0.3) is 0 Å². The van der Waals surface area contributed by atoms with Crippen molar-refractivity contribution in [1.82, 2.24) is 0 Å². The maximum Gasteiger partial charge on any atom is 0.123 e. The molecule has 0 aromatic heterocycles. The molecule has 100 valence electrons. The van der Waals surface area contributed by atoms with Gasteiger partial charge in [-0.05, 0) is 58.7 Å². The molecule has 0 radical (unpaired) electrons. The Balaban J connectivity index is 2.91. The summed E-state index contributed by atoms with van der Waals surface area (Å²) in [5.41, 5.74) is 1.61. The molecule has 18 heavy (non-hydrogen) atoms. The smallest absolute Gasteiger partial charge is 0.123 e. The number of hydrogen-bond donors (Lipinski definition) is 0. The van der Waals surface area contributed by atoms with Gasteiger partial charge in [-0.2, -0.15) is 0 Å². The highest BCUT2D eigenvalue weighted by molar-refractivity contribution is 6.35. The van der Waals surface area contributed by atoms with E-state index in [0.717, 1.165) is 11.3 Å². The van der Waals surface area contributed by atoms with Crippen LogP contribution in [0, 0.1) is 5.82 Å². The molecule has 0 saturated heterocycles. The average molecular weight is 270 g/mol. The predicted octanol–water partition coefficient (Wildman–Crippen LogP) is 4.63. The molecule has 0 aliphatic rings. The number of halogens is 2. The molecule has 1 atom stereocenters. The molecule has 1 unspecified atom stereocenters. The first kappa shape index (κ1) is 15.2. The molecule has 0 aliphatic carbocycles. The zero-order valence-electron chi connectivity index (χ0n) is 11.7. The zero-order valence-corrected chi connectivity index (χ0v) is 12.5. The number of rotatable bonds is 3. The molecule has 0 amide bonds. The Kier molecular flexibility index (Phi) is 4.55. The van der Waals surface area contributed by atoms with E-state index < -0.39 is 4.87 Å². The lowest BCUT2D eigenvalue weighted by Crippen LogP contribution is -2.32. The van der Waals surface area contributed by atoms with Gasteiger partial charge in [0.05, 0.1) is 10.4 Å². The molecule has 0 bridgehead atoms. The van der Waals surface area contributed by atoms with Gasteiger partial charge in [-0.3, -0.25) is 4.99 Å². The summed E-state index contributed by atoms with van der Waals surface area (Å²) < 4.78 is 13.1. The first-order valence-electron chi connectivity index (χ1n) is 6.10. The third-order valence-electron chi connectivity index (χ3n) is 2.68. The fraction of sp³-hybridized carbons (Fsp3) is 0.533. The summed E-state index contributed by atoms with van der Waals surface area (Å²) in [6, 6.07) is 6.54. The van der Waals surface area contributed by atoms with Gasteiger partial charge >= 0.3 is 0 Å². The second-order valence-electron chi connectivity index (χ2n) is 5.87. The van der Waals surface area contributed by atoms with Crippen LogP contribution in [0.4, 0.5) is 4.39 Å². The van der Waals surface area contributed by atoms with Crippen LogP contribution in [-0.4, -0.2) is 16.1 Å². The lowest BCUT2D eigenvalue weighted by molar-refractivity contribution is 0.576. The highest BCUT2D eigenvalue weighted by Crippen LogP contribution is 2.25. The Morgan fingerprint density at radius 1 is 1.28 bits per heavy atom. The number of benzene rings is 1. The van der Waals surface area contributed by atoms with Crippen molar-refractivity contribution in [3.63, 3.8) is 0 Å². The maximum absolute atomic E-state index is 13.1. The Bertz CT molecular complexity index is 444. The van der Waals surface area contributed by atoms with Gasteiger partial charge in [-0.15, -0.1) is 11.6 Å². The van der Waals surface area contributed by atoms with Gasteiger partial charge in [-0.1, -0.05) is 12.1 Å². The van der Waals surface area contributed by atoms with Crippen molar-refractivity contribution in [2.45, 2.75) is 51.5 Å². The SMILES string of the molecule is CC(=NC(C)(C)C)C(C)(Cl)Cc1cccc(F)c1. The minimum atomic E-state index is -0.582. The fourth-order valence-electron chi connectivity index (χ4n) is 1.78. The molecule has 3 heteroatoms. The van der Waals surface area contributed by atoms with Crippen LogP contribution < -0.4 is 0 Å². The van der Waals surface area contributed by atoms with Crippen LogP contribution in [0.15, 0.2) is 29.3 Å². The van der Waals surface area contributed by atoms with E-state index >= 15 is 0 Å². The second-order valence-corrected chi connectivity index (χ2v) is 6.71. The summed E-state index contributed by atoms with van der Waals surface area (Å²) in [5, 5.41) is 0. The lowest BCUT2D eigenvalue weighted by atomic mass is 9.95. The normalized spacial score (nSPS) is 16.5. The van der Waals surface area contributed by atoms with E-state index in [4.69, 9.17) is 11.6 Å². The lowest BCUT2D eigenvalue weighted by Gasteiger charge is -2.25. The van der Waals surface area contributed by atoms with E-state index in [1.165, 1.54) is 12.1 Å². The van der Waals surface area contributed by atoms with E-state index in [1.807, 2.05) is 40.7 Å². The molecular formula is C15H21ClFN. The van der Waals surface area contributed by atoms with Crippen LogP contribution in [0.3, 0.4) is 0 Å². The molecule has 0 heterocycles. The Labute approximate surface area is 114 Å². The van der Waals surface area contributed by atoms with Crippen molar-refractivity contribution in [3.8, 4) is 0 Å². The van der Waals surface area contributed by atoms with Crippen molar-refractivity contribution in [2.24, 2.45) is 4.99 Å². The number of aliphatic imine (C=N–C) groups is 1. The highest BCUT2D eigenvalue weighted by Gasteiger charge is 2.26. The molecule has 1 aromatic rings. The van der Waals surface area contributed by atoms with Crippen molar-refractivity contribution in [3.05, 3.63) is 35.6 Å². The number of alkyl halides is 1. The van der Waals surface area contributed by atoms with Gasteiger partial charge < -0.3 is 0 Å². The van der Waals surface area contributed by atoms with Gasteiger partial charge in [-0.25, -0.2) is 4.39 Å². The summed E-state index contributed by atoms with van der Waals surface area (Å²) in [5.74, 6) is -0.231. The summed E-state index contributed by atoms with van der Waals surface area (Å²) in [6.45, 7) is 9.95. The quantitative estimate of drug-likeness (QED) is 0.561. The third-order valence-corrected chi connectivity index (χ3v) is 3.09. The van der Waals surface area contributed by atoms with Gasteiger partial charge in [0.1, 0.15) is 5.82 Å². The molecule has 1 rings (SSSR count). The monoisotopic (exact) mass is 269 g/mol. The number of hydrogen-bond acceptors (Lipinski definition) is 1. The average Bonchev–Trinajstić information content (AvgIpc) is 2.13. The van der Waals surface area contributed by atoms with E-state index in [-0.39, 0.29) is 11.4 Å². The molecule has 0 aliphatic heterocycles. The van der Waals surface area contributed by atoms with Crippen LogP contribution in [0.5, 0.6) is 0 Å². The van der Waals surface area contributed by atoms with Gasteiger partial charge in [0.25, 0.3) is 0 Å².